The Morgan fingerprint density at radius 3 is 2.68 bits per heavy atom. The van der Waals surface area contributed by atoms with Crippen LogP contribution in [0.25, 0.3) is 11.3 Å². The number of fused-ring (bicyclic) bond motifs is 2. The minimum atomic E-state index is -4.98. The van der Waals surface area contributed by atoms with Crippen LogP contribution in [-0.2, 0) is 13.0 Å². The van der Waals surface area contributed by atoms with Gasteiger partial charge in [-0.2, -0.15) is 0 Å². The third-order valence-corrected chi connectivity index (χ3v) is 6.49. The molecule has 1 aromatic heterocycles. The Morgan fingerprint density at radius 2 is 1.95 bits per heavy atom. The van der Waals surface area contributed by atoms with Gasteiger partial charge >= 0.3 is 6.36 Å². The number of anilines is 3. The highest BCUT2D eigenvalue weighted by molar-refractivity contribution is 5.76. The standard InChI is InChI=1S/C27H29F4N5O2/c1-15(2)36-14-26(3,4)38-24-20(28)10-18(11-21(24)36)23-22(37-27(29,30)31)13-33-25(35-23)34-19-6-5-17-12-32-8-7-16(17)9-19/h5-6,9-11,13,15,32H,7-8,12,14H2,1-4H3,(H,33,34,35). The van der Waals surface area contributed by atoms with E-state index in [2.05, 4.69) is 25.3 Å². The summed E-state index contributed by atoms with van der Waals surface area (Å²) in [5.41, 5.74) is 2.74. The van der Waals surface area contributed by atoms with E-state index in [4.69, 9.17) is 4.74 Å². The molecule has 2 aromatic carbocycles. The lowest BCUT2D eigenvalue weighted by Gasteiger charge is -2.43. The van der Waals surface area contributed by atoms with Gasteiger partial charge in [0.25, 0.3) is 0 Å². The van der Waals surface area contributed by atoms with Crippen molar-refractivity contribution in [2.45, 2.75) is 58.7 Å². The third kappa shape index (κ3) is 5.47. The maximum absolute atomic E-state index is 15.4. The summed E-state index contributed by atoms with van der Waals surface area (Å²) in [6, 6.07) is 8.48. The maximum atomic E-state index is 15.4. The van der Waals surface area contributed by atoms with E-state index in [9.17, 15) is 13.2 Å². The van der Waals surface area contributed by atoms with E-state index >= 15 is 4.39 Å². The fourth-order valence-electron chi connectivity index (χ4n) is 4.82. The molecule has 2 aliphatic heterocycles. The predicted octanol–water partition coefficient (Wildman–Crippen LogP) is 5.96. The molecular weight excluding hydrogens is 502 g/mol. The summed E-state index contributed by atoms with van der Waals surface area (Å²) >= 11 is 0. The third-order valence-electron chi connectivity index (χ3n) is 6.49. The Bertz CT molecular complexity index is 1360. The summed E-state index contributed by atoms with van der Waals surface area (Å²) in [5, 5.41) is 6.37. The van der Waals surface area contributed by atoms with Crippen LogP contribution in [0.2, 0.25) is 0 Å². The van der Waals surface area contributed by atoms with E-state index in [1.54, 1.807) is 6.07 Å². The fraction of sp³-hybridized carbons (Fsp3) is 0.407. The summed E-state index contributed by atoms with van der Waals surface area (Å²) in [6.07, 6.45) is -3.18. The number of rotatable bonds is 5. The second-order valence-corrected chi connectivity index (χ2v) is 10.4. The summed E-state index contributed by atoms with van der Waals surface area (Å²) in [6.45, 7) is 9.72. The van der Waals surface area contributed by atoms with E-state index < -0.39 is 23.5 Å². The van der Waals surface area contributed by atoms with Gasteiger partial charge in [0.15, 0.2) is 17.3 Å². The van der Waals surface area contributed by atoms with Crippen molar-refractivity contribution in [2.24, 2.45) is 0 Å². The van der Waals surface area contributed by atoms with Crippen molar-refractivity contribution in [2.75, 3.05) is 23.3 Å². The van der Waals surface area contributed by atoms with Gasteiger partial charge in [-0.05, 0) is 76.1 Å². The smallest absolute Gasteiger partial charge is 0.481 e. The molecule has 0 aliphatic carbocycles. The molecule has 0 spiro atoms. The minimum Gasteiger partial charge on any atom is -0.481 e. The average molecular weight is 532 g/mol. The van der Waals surface area contributed by atoms with Crippen LogP contribution in [-0.4, -0.2) is 41.1 Å². The highest BCUT2D eigenvalue weighted by Crippen LogP contribution is 2.44. The van der Waals surface area contributed by atoms with Gasteiger partial charge in [-0.1, -0.05) is 6.07 Å². The zero-order valence-corrected chi connectivity index (χ0v) is 21.5. The second kappa shape index (κ2) is 9.61. The van der Waals surface area contributed by atoms with E-state index in [-0.39, 0.29) is 29.0 Å². The van der Waals surface area contributed by atoms with Crippen molar-refractivity contribution in [1.29, 1.82) is 0 Å². The van der Waals surface area contributed by atoms with Crippen molar-refractivity contribution < 1.29 is 27.0 Å². The predicted molar refractivity (Wildman–Crippen MR) is 136 cm³/mol. The highest BCUT2D eigenvalue weighted by Gasteiger charge is 2.37. The van der Waals surface area contributed by atoms with Crippen molar-refractivity contribution in [3.05, 3.63) is 53.5 Å². The molecule has 3 aromatic rings. The number of aromatic nitrogens is 2. The Balaban J connectivity index is 1.57. The number of ether oxygens (including phenoxy) is 2. The lowest BCUT2D eigenvalue weighted by molar-refractivity contribution is -0.274. The Labute approximate surface area is 218 Å². The lowest BCUT2D eigenvalue weighted by Crippen LogP contribution is -2.49. The Kier molecular flexibility index (Phi) is 6.58. The van der Waals surface area contributed by atoms with Crippen molar-refractivity contribution in [3.63, 3.8) is 0 Å². The number of benzene rings is 2. The number of nitrogens with one attached hydrogen (secondary N) is 2. The van der Waals surface area contributed by atoms with E-state index in [1.807, 2.05) is 50.8 Å². The average Bonchev–Trinajstić information content (AvgIpc) is 2.83. The van der Waals surface area contributed by atoms with Gasteiger partial charge in [0.1, 0.15) is 11.3 Å². The normalized spacial score (nSPS) is 16.5. The summed E-state index contributed by atoms with van der Waals surface area (Å²) < 4.78 is 65.3. The maximum Gasteiger partial charge on any atom is 0.573 e. The van der Waals surface area contributed by atoms with Gasteiger partial charge in [0.05, 0.1) is 18.4 Å². The van der Waals surface area contributed by atoms with Crippen LogP contribution in [0.5, 0.6) is 11.5 Å². The number of alkyl halides is 3. The number of hydrogen-bond donors (Lipinski definition) is 2. The molecular formula is C27H29F4N5O2. The van der Waals surface area contributed by atoms with Crippen LogP contribution in [0.3, 0.4) is 0 Å². The van der Waals surface area contributed by atoms with Crippen LogP contribution < -0.4 is 25.0 Å². The van der Waals surface area contributed by atoms with Gasteiger partial charge in [-0.3, -0.25) is 0 Å². The van der Waals surface area contributed by atoms with Crippen molar-refractivity contribution >= 4 is 17.3 Å². The zero-order chi connectivity index (χ0) is 27.2. The van der Waals surface area contributed by atoms with E-state index in [0.29, 0.717) is 17.9 Å². The molecule has 2 N–H and O–H groups in total. The minimum absolute atomic E-state index is 0.0145. The van der Waals surface area contributed by atoms with Crippen LogP contribution in [0.1, 0.15) is 38.8 Å². The molecule has 11 heteroatoms. The van der Waals surface area contributed by atoms with Crippen molar-refractivity contribution in [1.82, 2.24) is 15.3 Å². The lowest BCUT2D eigenvalue weighted by atomic mass is 10.0. The molecule has 0 radical (unpaired) electrons. The number of nitrogens with zero attached hydrogens (tertiary/aromatic N) is 3. The highest BCUT2D eigenvalue weighted by atomic mass is 19.4. The Morgan fingerprint density at radius 1 is 1.16 bits per heavy atom. The second-order valence-electron chi connectivity index (χ2n) is 10.4. The van der Waals surface area contributed by atoms with Crippen LogP contribution >= 0.6 is 0 Å². The number of hydrogen-bond acceptors (Lipinski definition) is 7. The van der Waals surface area contributed by atoms with Gasteiger partial charge in [-0.15, -0.1) is 13.2 Å². The molecule has 0 unspecified atom stereocenters. The molecule has 0 saturated heterocycles. The van der Waals surface area contributed by atoms with Gasteiger partial charge < -0.3 is 25.0 Å². The molecule has 7 nitrogen and oxygen atoms in total. The molecule has 3 heterocycles. The molecule has 0 atom stereocenters. The van der Waals surface area contributed by atoms with Gasteiger partial charge in [0.2, 0.25) is 5.95 Å². The quantitative estimate of drug-likeness (QED) is 0.394. The zero-order valence-electron chi connectivity index (χ0n) is 21.5. The topological polar surface area (TPSA) is 71.5 Å². The van der Waals surface area contributed by atoms with Gasteiger partial charge in [-0.25, -0.2) is 14.4 Å². The first-order valence-electron chi connectivity index (χ1n) is 12.4. The molecule has 0 amide bonds. The molecule has 0 bridgehead atoms. The first kappa shape index (κ1) is 26.0. The van der Waals surface area contributed by atoms with Crippen LogP contribution in [0, 0.1) is 5.82 Å². The SMILES string of the molecule is CC(C)N1CC(C)(C)Oc2c(F)cc(-c3nc(Nc4ccc5c(c4)CCNC5)ncc3OC(F)(F)F)cc21. The molecule has 202 valence electrons. The van der Waals surface area contributed by atoms with E-state index in [1.165, 1.54) is 11.1 Å². The van der Waals surface area contributed by atoms with Gasteiger partial charge in [0, 0.05) is 23.8 Å². The molecule has 2 aliphatic rings. The van der Waals surface area contributed by atoms with Crippen molar-refractivity contribution in [3.8, 4) is 22.8 Å². The number of halogens is 4. The molecule has 38 heavy (non-hydrogen) atoms. The molecule has 0 saturated carbocycles. The van der Waals surface area contributed by atoms with E-state index in [0.717, 1.165) is 31.8 Å². The molecule has 0 fully saturated rings. The largest absolute Gasteiger partial charge is 0.573 e. The summed E-state index contributed by atoms with van der Waals surface area (Å²) in [4.78, 5) is 10.3. The summed E-state index contributed by atoms with van der Waals surface area (Å²) in [7, 11) is 0. The fourth-order valence-corrected chi connectivity index (χ4v) is 4.82. The van der Waals surface area contributed by atoms with Crippen LogP contribution in [0.15, 0.2) is 36.5 Å². The first-order valence-corrected chi connectivity index (χ1v) is 12.4. The first-order chi connectivity index (χ1) is 17.9. The summed E-state index contributed by atoms with van der Waals surface area (Å²) in [5.74, 6) is -1.23. The Hall–Kier alpha value is -3.60. The monoisotopic (exact) mass is 531 g/mol. The molecule has 5 rings (SSSR count). The van der Waals surface area contributed by atoms with Crippen LogP contribution in [0.4, 0.5) is 34.9 Å².